The maximum absolute atomic E-state index is 11.0. The van der Waals surface area contributed by atoms with Crippen molar-refractivity contribution in [1.29, 1.82) is 0 Å². The van der Waals surface area contributed by atoms with Gasteiger partial charge in [-0.15, -0.1) is 0 Å². The maximum atomic E-state index is 11.0. The van der Waals surface area contributed by atoms with Crippen LogP contribution in [0, 0.1) is 13.8 Å². The summed E-state index contributed by atoms with van der Waals surface area (Å²) in [6, 6.07) is 16.9. The molecule has 2 aromatic rings. The summed E-state index contributed by atoms with van der Waals surface area (Å²) in [6.07, 6.45) is 1.76. The van der Waals surface area contributed by atoms with Gasteiger partial charge in [-0.25, -0.2) is 0 Å². The number of hydrogen-bond acceptors (Lipinski definition) is 2. The molecule has 3 rings (SSSR count). The van der Waals surface area contributed by atoms with Crippen LogP contribution in [-0.4, -0.2) is 26.7 Å². The van der Waals surface area contributed by atoms with E-state index >= 15 is 0 Å². The molecule has 0 aliphatic carbocycles. The molecular formula is C20H23N3OSe. The Labute approximate surface area is 155 Å². The number of carbonyl (C=O) groups is 1. The number of nitrogens with one attached hydrogen (secondary N) is 1. The molecule has 0 unspecified atom stereocenters. The van der Waals surface area contributed by atoms with Crippen LogP contribution in [0.3, 0.4) is 0 Å². The van der Waals surface area contributed by atoms with E-state index in [1.54, 1.807) is 0 Å². The van der Waals surface area contributed by atoms with Gasteiger partial charge < -0.3 is 0 Å². The fourth-order valence-electron chi connectivity index (χ4n) is 2.99. The summed E-state index contributed by atoms with van der Waals surface area (Å²) in [5, 5.41) is 4.27. The van der Waals surface area contributed by atoms with Crippen molar-refractivity contribution in [3.63, 3.8) is 0 Å². The molecule has 2 atom stereocenters. The Kier molecular flexibility index (Phi) is 5.56. The molecule has 5 heteroatoms. The second-order valence-electron chi connectivity index (χ2n) is 6.50. The SMILES string of the molecule is Cc1ccc([C@@H]2CC(=NNC(N)=O)C[C@H](c3ccc(C)cc3)[Se]2)cc1. The fraction of sp³-hybridized carbons (Fsp3) is 0.300. The Bertz CT molecular complexity index is 713. The van der Waals surface area contributed by atoms with Gasteiger partial charge >= 0.3 is 155 Å². The van der Waals surface area contributed by atoms with E-state index in [1.807, 2.05) is 0 Å². The van der Waals surface area contributed by atoms with Crippen molar-refractivity contribution in [2.45, 2.75) is 36.3 Å². The van der Waals surface area contributed by atoms with Crippen LogP contribution in [0.15, 0.2) is 53.6 Å². The summed E-state index contributed by atoms with van der Waals surface area (Å²) in [6.45, 7) is 4.21. The second kappa shape index (κ2) is 7.85. The average molecular weight is 400 g/mol. The molecule has 0 saturated carbocycles. The topological polar surface area (TPSA) is 67.5 Å². The number of benzene rings is 2. The molecular weight excluding hydrogens is 377 g/mol. The van der Waals surface area contributed by atoms with Gasteiger partial charge in [0.25, 0.3) is 0 Å². The predicted octanol–water partition coefficient (Wildman–Crippen LogP) is 3.61. The molecule has 0 bridgehead atoms. The number of aryl methyl sites for hydroxylation is 2. The van der Waals surface area contributed by atoms with Crippen molar-refractivity contribution in [1.82, 2.24) is 5.43 Å². The van der Waals surface area contributed by atoms with Crippen molar-refractivity contribution < 1.29 is 4.79 Å². The molecule has 1 heterocycles. The third-order valence-corrected chi connectivity index (χ3v) is 7.61. The summed E-state index contributed by atoms with van der Waals surface area (Å²) in [4.78, 5) is 11.9. The molecule has 3 N–H and O–H groups in total. The Morgan fingerprint density at radius 2 is 1.40 bits per heavy atom. The first-order valence-electron chi connectivity index (χ1n) is 8.41. The van der Waals surface area contributed by atoms with E-state index in [0.29, 0.717) is 24.6 Å². The molecule has 1 fully saturated rings. The van der Waals surface area contributed by atoms with Crippen LogP contribution in [0.1, 0.15) is 44.7 Å². The first-order valence-corrected chi connectivity index (χ1v) is 10.4. The summed E-state index contributed by atoms with van der Waals surface area (Å²) < 4.78 is 0. The number of nitrogens with zero attached hydrogens (tertiary/aromatic N) is 1. The zero-order valence-corrected chi connectivity index (χ0v) is 16.2. The minimum atomic E-state index is -0.609. The normalized spacial score (nSPS) is 21.9. The van der Waals surface area contributed by atoms with E-state index in [1.165, 1.54) is 22.3 Å². The third kappa shape index (κ3) is 4.71. The molecule has 1 saturated heterocycles. The summed E-state index contributed by atoms with van der Waals surface area (Å²) >= 11 is 0.427. The zero-order chi connectivity index (χ0) is 17.8. The van der Waals surface area contributed by atoms with Gasteiger partial charge in [0.15, 0.2) is 0 Å². The van der Waals surface area contributed by atoms with E-state index in [9.17, 15) is 4.79 Å². The first kappa shape index (κ1) is 17.7. The zero-order valence-electron chi connectivity index (χ0n) is 14.5. The molecule has 0 aromatic heterocycles. The number of amides is 2. The van der Waals surface area contributed by atoms with Crippen LogP contribution in [0.5, 0.6) is 0 Å². The molecule has 130 valence electrons. The summed E-state index contributed by atoms with van der Waals surface area (Å²) in [5.74, 6) is 0. The van der Waals surface area contributed by atoms with Crippen LogP contribution in [0.25, 0.3) is 0 Å². The van der Waals surface area contributed by atoms with Crippen LogP contribution in [0.4, 0.5) is 4.79 Å². The molecule has 1 aliphatic rings. The quantitative estimate of drug-likeness (QED) is 0.600. The molecule has 0 radical (unpaired) electrons. The van der Waals surface area contributed by atoms with E-state index in [-0.39, 0.29) is 0 Å². The fourth-order valence-corrected chi connectivity index (χ4v) is 6.35. The molecule has 2 aromatic carbocycles. The van der Waals surface area contributed by atoms with Gasteiger partial charge in [-0.3, -0.25) is 0 Å². The van der Waals surface area contributed by atoms with Gasteiger partial charge in [0, 0.05) is 0 Å². The Hall–Kier alpha value is -2.10. The minimum absolute atomic E-state index is 0.427. The van der Waals surface area contributed by atoms with Crippen molar-refractivity contribution in [2.75, 3.05) is 0 Å². The number of primary amides is 1. The van der Waals surface area contributed by atoms with Crippen LogP contribution in [-0.2, 0) is 0 Å². The molecule has 25 heavy (non-hydrogen) atoms. The molecule has 0 spiro atoms. The predicted molar refractivity (Wildman–Crippen MR) is 103 cm³/mol. The Balaban J connectivity index is 1.87. The Morgan fingerprint density at radius 3 is 1.80 bits per heavy atom. The molecule has 4 nitrogen and oxygen atoms in total. The third-order valence-electron chi connectivity index (χ3n) is 4.39. The van der Waals surface area contributed by atoms with Crippen LogP contribution in [0.2, 0.25) is 0 Å². The number of nitrogens with two attached hydrogens (primary N) is 1. The average Bonchev–Trinajstić information content (AvgIpc) is 2.61. The first-order chi connectivity index (χ1) is 12.0. The van der Waals surface area contributed by atoms with Gasteiger partial charge in [0.05, 0.1) is 0 Å². The van der Waals surface area contributed by atoms with Gasteiger partial charge in [-0.2, -0.15) is 0 Å². The monoisotopic (exact) mass is 401 g/mol. The standard InChI is InChI=1S/C20H23N3OSe/c1-13-3-7-15(8-4-13)18-11-17(22-23-20(21)24)12-19(25-18)16-9-5-14(2)6-10-16/h3-10,18-19H,11-12H2,1-2H3,(H3,21,23,24)/t18-,19+. The van der Waals surface area contributed by atoms with Crippen molar-refractivity contribution in [3.05, 3.63) is 70.8 Å². The number of rotatable bonds is 3. The van der Waals surface area contributed by atoms with E-state index in [4.69, 9.17) is 5.73 Å². The van der Waals surface area contributed by atoms with E-state index < -0.39 is 6.03 Å². The number of carbonyl (C=O) groups excluding carboxylic acids is 1. The van der Waals surface area contributed by atoms with E-state index in [2.05, 4.69) is 72.9 Å². The van der Waals surface area contributed by atoms with Crippen molar-refractivity contribution >= 4 is 26.7 Å². The number of hydrogen-bond donors (Lipinski definition) is 2. The van der Waals surface area contributed by atoms with Crippen molar-refractivity contribution in [2.24, 2.45) is 10.8 Å². The summed E-state index contributed by atoms with van der Waals surface area (Å²) in [7, 11) is 0. The van der Waals surface area contributed by atoms with Gasteiger partial charge in [-0.1, -0.05) is 0 Å². The number of urea groups is 1. The van der Waals surface area contributed by atoms with Gasteiger partial charge in [-0.05, 0) is 0 Å². The van der Waals surface area contributed by atoms with Crippen LogP contribution < -0.4 is 11.2 Å². The summed E-state index contributed by atoms with van der Waals surface area (Å²) in [5.41, 5.74) is 13.9. The van der Waals surface area contributed by atoms with Gasteiger partial charge in [0.1, 0.15) is 0 Å². The Morgan fingerprint density at radius 1 is 0.960 bits per heavy atom. The molecule has 1 aliphatic heterocycles. The number of hydrazone groups is 1. The second-order valence-corrected chi connectivity index (χ2v) is 9.46. The van der Waals surface area contributed by atoms with Gasteiger partial charge in [0.2, 0.25) is 0 Å². The molecule has 2 amide bonds. The van der Waals surface area contributed by atoms with Crippen LogP contribution >= 0.6 is 0 Å². The van der Waals surface area contributed by atoms with Crippen molar-refractivity contribution in [3.8, 4) is 0 Å². The van der Waals surface area contributed by atoms with E-state index in [0.717, 1.165) is 18.6 Å².